The molecule has 3 unspecified atom stereocenters. The highest BCUT2D eigenvalue weighted by atomic mass is 16.3. The summed E-state index contributed by atoms with van der Waals surface area (Å²) < 4.78 is 2.10. The number of aromatic nitrogens is 2. The number of aliphatic hydroxyl groups excluding tert-OH is 1. The predicted octanol–water partition coefficient (Wildman–Crippen LogP) is 2.22. The molecule has 1 saturated carbocycles. The van der Waals surface area contributed by atoms with Crippen LogP contribution >= 0.6 is 0 Å². The lowest BCUT2D eigenvalue weighted by molar-refractivity contribution is 0.0727. The van der Waals surface area contributed by atoms with Crippen LogP contribution < -0.4 is 0 Å². The van der Waals surface area contributed by atoms with E-state index in [2.05, 4.69) is 29.7 Å². The van der Waals surface area contributed by atoms with Crippen LogP contribution in [-0.4, -0.2) is 21.0 Å². The van der Waals surface area contributed by atoms with E-state index in [4.69, 9.17) is 0 Å². The van der Waals surface area contributed by atoms with Crippen molar-refractivity contribution >= 4 is 0 Å². The zero-order chi connectivity index (χ0) is 11.0. The van der Waals surface area contributed by atoms with Crippen LogP contribution in [-0.2, 0) is 0 Å². The van der Waals surface area contributed by atoms with E-state index < -0.39 is 0 Å². The molecule has 0 radical (unpaired) electrons. The minimum atomic E-state index is -0.143. The summed E-state index contributed by atoms with van der Waals surface area (Å²) in [4.78, 5) is 0. The fraction of sp³-hybridized carbons (Fsp3) is 0.750. The van der Waals surface area contributed by atoms with Gasteiger partial charge in [-0.05, 0) is 45.1 Å². The van der Waals surface area contributed by atoms with E-state index in [1.165, 1.54) is 5.69 Å². The summed E-state index contributed by atoms with van der Waals surface area (Å²) >= 11 is 0. The summed E-state index contributed by atoms with van der Waals surface area (Å²) in [5, 5.41) is 14.2. The van der Waals surface area contributed by atoms with Gasteiger partial charge in [-0.3, -0.25) is 4.68 Å². The number of hydrogen-bond donors (Lipinski definition) is 1. The first-order valence-corrected chi connectivity index (χ1v) is 5.78. The van der Waals surface area contributed by atoms with Crippen molar-refractivity contribution in [3.63, 3.8) is 0 Å². The number of nitrogens with zero attached hydrogens (tertiary/aromatic N) is 2. The van der Waals surface area contributed by atoms with Gasteiger partial charge in [0.1, 0.15) is 0 Å². The summed E-state index contributed by atoms with van der Waals surface area (Å²) in [6.07, 6.45) is 2.75. The van der Waals surface area contributed by atoms with E-state index in [9.17, 15) is 5.11 Å². The molecule has 0 amide bonds. The summed E-state index contributed by atoms with van der Waals surface area (Å²) in [5.41, 5.74) is 2.28. The van der Waals surface area contributed by atoms with Gasteiger partial charge in [0.15, 0.2) is 0 Å². The van der Waals surface area contributed by atoms with Crippen molar-refractivity contribution in [2.75, 3.05) is 0 Å². The normalized spacial score (nSPS) is 31.9. The molecule has 1 fully saturated rings. The first-order chi connectivity index (χ1) is 7.08. The van der Waals surface area contributed by atoms with Gasteiger partial charge in [0.05, 0.1) is 17.8 Å². The van der Waals surface area contributed by atoms with Crippen LogP contribution in [0.4, 0.5) is 0 Å². The topological polar surface area (TPSA) is 38.0 Å². The van der Waals surface area contributed by atoms with Gasteiger partial charge in [-0.2, -0.15) is 5.10 Å². The Morgan fingerprint density at radius 1 is 1.40 bits per heavy atom. The van der Waals surface area contributed by atoms with Gasteiger partial charge in [-0.25, -0.2) is 0 Å². The molecule has 0 aliphatic heterocycles. The third kappa shape index (κ3) is 2.07. The van der Waals surface area contributed by atoms with Gasteiger partial charge in [0.2, 0.25) is 0 Å². The highest BCUT2D eigenvalue weighted by Crippen LogP contribution is 2.34. The fourth-order valence-electron chi connectivity index (χ4n) is 2.60. The molecule has 3 nitrogen and oxygen atoms in total. The Bertz CT molecular complexity index is 345. The Morgan fingerprint density at radius 2 is 2.13 bits per heavy atom. The predicted molar refractivity (Wildman–Crippen MR) is 59.8 cm³/mol. The van der Waals surface area contributed by atoms with Crippen LogP contribution in [0.1, 0.15) is 43.6 Å². The first-order valence-electron chi connectivity index (χ1n) is 5.78. The summed E-state index contributed by atoms with van der Waals surface area (Å²) in [6.45, 7) is 6.37. The molecule has 1 heterocycles. The molecule has 15 heavy (non-hydrogen) atoms. The summed E-state index contributed by atoms with van der Waals surface area (Å²) in [5.74, 6) is 0.617. The first kappa shape index (κ1) is 10.7. The molecule has 1 aromatic heterocycles. The molecule has 0 aromatic carbocycles. The van der Waals surface area contributed by atoms with Crippen molar-refractivity contribution in [2.45, 2.75) is 52.2 Å². The zero-order valence-electron chi connectivity index (χ0n) is 9.77. The number of aliphatic hydroxyl groups is 1. The molecule has 0 bridgehead atoms. The van der Waals surface area contributed by atoms with E-state index in [0.717, 1.165) is 25.0 Å². The largest absolute Gasteiger partial charge is 0.393 e. The van der Waals surface area contributed by atoms with Crippen LogP contribution in [0.25, 0.3) is 0 Å². The lowest BCUT2D eigenvalue weighted by atomic mass is 9.84. The number of aryl methyl sites for hydroxylation is 2. The molecule has 0 saturated heterocycles. The maximum Gasteiger partial charge on any atom is 0.0596 e. The molecule has 2 rings (SSSR count). The molecule has 1 aliphatic carbocycles. The molecule has 1 aromatic rings. The van der Waals surface area contributed by atoms with Crippen LogP contribution in [0.5, 0.6) is 0 Å². The monoisotopic (exact) mass is 208 g/mol. The third-order valence-corrected chi connectivity index (χ3v) is 3.48. The second-order valence-corrected chi connectivity index (χ2v) is 4.88. The van der Waals surface area contributed by atoms with E-state index in [0.29, 0.717) is 12.0 Å². The average molecular weight is 208 g/mol. The Labute approximate surface area is 91.1 Å². The highest BCUT2D eigenvalue weighted by molar-refractivity contribution is 5.08. The molecule has 3 heteroatoms. The highest BCUT2D eigenvalue weighted by Gasteiger charge is 2.29. The zero-order valence-corrected chi connectivity index (χ0v) is 9.77. The maximum absolute atomic E-state index is 9.72. The molecular formula is C12H20N2O. The van der Waals surface area contributed by atoms with Gasteiger partial charge >= 0.3 is 0 Å². The lowest BCUT2D eigenvalue weighted by Crippen LogP contribution is -2.29. The van der Waals surface area contributed by atoms with Gasteiger partial charge < -0.3 is 5.11 Å². The van der Waals surface area contributed by atoms with E-state index >= 15 is 0 Å². The minimum Gasteiger partial charge on any atom is -0.393 e. The van der Waals surface area contributed by atoms with E-state index in [1.807, 2.05) is 6.92 Å². The van der Waals surface area contributed by atoms with Crippen LogP contribution in [0.15, 0.2) is 6.07 Å². The van der Waals surface area contributed by atoms with Crippen LogP contribution in [0.3, 0.4) is 0 Å². The second kappa shape index (κ2) is 3.97. The van der Waals surface area contributed by atoms with Gasteiger partial charge in [0.25, 0.3) is 0 Å². The van der Waals surface area contributed by atoms with Crippen molar-refractivity contribution in [1.29, 1.82) is 0 Å². The summed E-state index contributed by atoms with van der Waals surface area (Å²) in [7, 11) is 0. The second-order valence-electron chi connectivity index (χ2n) is 4.88. The third-order valence-electron chi connectivity index (χ3n) is 3.48. The minimum absolute atomic E-state index is 0.143. The Morgan fingerprint density at radius 3 is 2.73 bits per heavy atom. The van der Waals surface area contributed by atoms with E-state index in [-0.39, 0.29) is 6.10 Å². The van der Waals surface area contributed by atoms with Gasteiger partial charge in [-0.1, -0.05) is 6.92 Å². The molecule has 1 N–H and O–H groups in total. The van der Waals surface area contributed by atoms with E-state index in [1.54, 1.807) is 0 Å². The molecule has 0 spiro atoms. The van der Waals surface area contributed by atoms with Crippen molar-refractivity contribution < 1.29 is 5.11 Å². The standard InChI is InChI=1S/C12H20N2O/c1-8-4-5-11(15)7-12(8)14-10(3)6-9(2)13-14/h6,8,11-12,15H,4-5,7H2,1-3H3. The van der Waals surface area contributed by atoms with Crippen molar-refractivity contribution in [3.05, 3.63) is 17.5 Å². The fourth-order valence-corrected chi connectivity index (χ4v) is 2.60. The smallest absolute Gasteiger partial charge is 0.0596 e. The Balaban J connectivity index is 2.24. The number of hydrogen-bond acceptors (Lipinski definition) is 2. The summed E-state index contributed by atoms with van der Waals surface area (Å²) in [6, 6.07) is 2.48. The SMILES string of the molecule is Cc1cc(C)n(C2CC(O)CCC2C)n1. The molecule has 84 valence electrons. The van der Waals surface area contributed by atoms with Crippen LogP contribution in [0, 0.1) is 19.8 Å². The quantitative estimate of drug-likeness (QED) is 0.768. The average Bonchev–Trinajstić information content (AvgIpc) is 2.50. The Hall–Kier alpha value is -0.830. The number of rotatable bonds is 1. The Kier molecular flexibility index (Phi) is 2.83. The maximum atomic E-state index is 9.72. The lowest BCUT2D eigenvalue weighted by Gasteiger charge is -2.32. The van der Waals surface area contributed by atoms with Crippen molar-refractivity contribution in [1.82, 2.24) is 9.78 Å². The van der Waals surface area contributed by atoms with Gasteiger partial charge in [0, 0.05) is 5.69 Å². The van der Waals surface area contributed by atoms with Crippen molar-refractivity contribution in [3.8, 4) is 0 Å². The molecule has 1 aliphatic rings. The van der Waals surface area contributed by atoms with Crippen molar-refractivity contribution in [2.24, 2.45) is 5.92 Å². The van der Waals surface area contributed by atoms with Gasteiger partial charge in [-0.15, -0.1) is 0 Å². The molecular weight excluding hydrogens is 188 g/mol. The molecule has 3 atom stereocenters. The van der Waals surface area contributed by atoms with Crippen LogP contribution in [0.2, 0.25) is 0 Å².